The number of aromatic nitrogens is 1. The quantitative estimate of drug-likeness (QED) is 0.279. The lowest BCUT2D eigenvalue weighted by Crippen LogP contribution is -2.37. The molecule has 0 aliphatic rings. The third kappa shape index (κ3) is 8.41. The highest BCUT2D eigenvalue weighted by atomic mass is 127. The predicted molar refractivity (Wildman–Crippen MR) is 103 cm³/mol. The highest BCUT2D eigenvalue weighted by molar-refractivity contribution is 14.0. The van der Waals surface area contributed by atoms with Crippen LogP contribution in [0.5, 0.6) is 5.88 Å². The Labute approximate surface area is 151 Å². The van der Waals surface area contributed by atoms with Crippen LogP contribution >= 0.6 is 24.0 Å². The average molecular weight is 420 g/mol. The molecule has 1 rings (SSSR count). The number of unbranched alkanes of at least 4 members (excludes halogenated alkanes) is 2. The molecule has 0 saturated heterocycles. The Morgan fingerprint density at radius 1 is 1.23 bits per heavy atom. The molecule has 0 unspecified atom stereocenters. The Bertz CT molecular complexity index is 426. The van der Waals surface area contributed by atoms with Crippen molar-refractivity contribution in [2.75, 3.05) is 20.2 Å². The molecule has 126 valence electrons. The zero-order chi connectivity index (χ0) is 15.3. The van der Waals surface area contributed by atoms with Gasteiger partial charge < -0.3 is 15.4 Å². The molecular formula is C16H29IN4O. The molecule has 1 heterocycles. The van der Waals surface area contributed by atoms with Crippen LogP contribution in [0.4, 0.5) is 0 Å². The monoisotopic (exact) mass is 420 g/mol. The molecule has 1 aromatic heterocycles. The van der Waals surface area contributed by atoms with Gasteiger partial charge in [0.25, 0.3) is 0 Å². The van der Waals surface area contributed by atoms with Crippen LogP contribution in [0.2, 0.25) is 0 Å². The topological polar surface area (TPSA) is 58.5 Å². The number of hydrogen-bond donors (Lipinski definition) is 2. The number of nitrogens with one attached hydrogen (secondary N) is 2. The summed E-state index contributed by atoms with van der Waals surface area (Å²) in [5, 5.41) is 6.58. The van der Waals surface area contributed by atoms with Gasteiger partial charge in [-0.3, -0.25) is 4.99 Å². The number of aliphatic imine (C=N–C) groups is 1. The second-order valence-electron chi connectivity index (χ2n) is 4.88. The molecule has 0 bridgehead atoms. The van der Waals surface area contributed by atoms with E-state index in [1.807, 2.05) is 12.1 Å². The average Bonchev–Trinajstić information content (AvgIpc) is 2.52. The molecule has 22 heavy (non-hydrogen) atoms. The number of rotatable bonds is 9. The summed E-state index contributed by atoms with van der Waals surface area (Å²) in [5.41, 5.74) is 1.05. The fourth-order valence-corrected chi connectivity index (χ4v) is 1.78. The van der Waals surface area contributed by atoms with Crippen LogP contribution in [-0.2, 0) is 6.54 Å². The van der Waals surface area contributed by atoms with E-state index in [1.54, 1.807) is 13.2 Å². The number of halogens is 1. The maximum atomic E-state index is 5.73. The second-order valence-corrected chi connectivity index (χ2v) is 4.88. The number of nitrogens with zero attached hydrogens (tertiary/aromatic N) is 2. The second kappa shape index (κ2) is 13.6. The molecule has 0 aromatic carbocycles. The van der Waals surface area contributed by atoms with Crippen molar-refractivity contribution >= 4 is 29.9 Å². The van der Waals surface area contributed by atoms with E-state index in [0.29, 0.717) is 19.0 Å². The van der Waals surface area contributed by atoms with E-state index in [9.17, 15) is 0 Å². The van der Waals surface area contributed by atoms with Gasteiger partial charge in [-0.15, -0.1) is 24.0 Å². The maximum Gasteiger partial charge on any atom is 0.218 e. The van der Waals surface area contributed by atoms with E-state index in [1.165, 1.54) is 6.42 Å². The van der Waals surface area contributed by atoms with Crippen molar-refractivity contribution in [1.82, 2.24) is 15.6 Å². The summed E-state index contributed by atoms with van der Waals surface area (Å²) < 4.78 is 5.73. The fourth-order valence-electron chi connectivity index (χ4n) is 1.78. The first kappa shape index (κ1) is 20.9. The minimum Gasteiger partial charge on any atom is -0.477 e. The minimum atomic E-state index is 0. The van der Waals surface area contributed by atoms with Gasteiger partial charge in [-0.05, 0) is 18.9 Å². The molecule has 0 radical (unpaired) electrons. The van der Waals surface area contributed by atoms with Gasteiger partial charge in [-0.2, -0.15) is 0 Å². The lowest BCUT2D eigenvalue weighted by atomic mass is 10.2. The van der Waals surface area contributed by atoms with Gasteiger partial charge in [0, 0.05) is 31.9 Å². The van der Waals surface area contributed by atoms with Gasteiger partial charge in [0.2, 0.25) is 5.88 Å². The van der Waals surface area contributed by atoms with E-state index in [0.717, 1.165) is 37.3 Å². The summed E-state index contributed by atoms with van der Waals surface area (Å²) in [6.45, 7) is 6.62. The molecule has 0 atom stereocenters. The molecule has 0 spiro atoms. The van der Waals surface area contributed by atoms with Gasteiger partial charge >= 0.3 is 0 Å². The van der Waals surface area contributed by atoms with E-state index in [2.05, 4.69) is 34.5 Å². The van der Waals surface area contributed by atoms with Crippen LogP contribution in [0.3, 0.4) is 0 Å². The van der Waals surface area contributed by atoms with Crippen LogP contribution in [0.15, 0.2) is 23.3 Å². The van der Waals surface area contributed by atoms with Crippen LogP contribution < -0.4 is 15.4 Å². The van der Waals surface area contributed by atoms with Crippen molar-refractivity contribution in [2.24, 2.45) is 4.99 Å². The summed E-state index contributed by atoms with van der Waals surface area (Å²) in [6, 6.07) is 3.96. The number of ether oxygens (including phenoxy) is 1. The SMILES string of the molecule is CCCCNC(=NC)NCc1cccnc1OCCCC.I. The largest absolute Gasteiger partial charge is 0.477 e. The summed E-state index contributed by atoms with van der Waals surface area (Å²) in [6.07, 6.45) is 6.23. The highest BCUT2D eigenvalue weighted by Crippen LogP contribution is 2.14. The first-order valence-corrected chi connectivity index (χ1v) is 7.83. The number of pyridine rings is 1. The molecule has 0 fully saturated rings. The normalized spacial score (nSPS) is 10.8. The Balaban J connectivity index is 0.00000441. The third-order valence-electron chi connectivity index (χ3n) is 3.08. The Morgan fingerprint density at radius 3 is 2.68 bits per heavy atom. The maximum absolute atomic E-state index is 5.73. The molecule has 0 amide bonds. The van der Waals surface area contributed by atoms with E-state index >= 15 is 0 Å². The van der Waals surface area contributed by atoms with Crippen LogP contribution in [0.1, 0.15) is 45.1 Å². The summed E-state index contributed by atoms with van der Waals surface area (Å²) in [7, 11) is 1.78. The smallest absolute Gasteiger partial charge is 0.218 e. The summed E-state index contributed by atoms with van der Waals surface area (Å²) in [5.74, 6) is 1.52. The molecule has 0 aliphatic carbocycles. The Kier molecular flexibility index (Phi) is 13.0. The van der Waals surface area contributed by atoms with E-state index in [4.69, 9.17) is 4.74 Å². The van der Waals surface area contributed by atoms with Gasteiger partial charge in [0.05, 0.1) is 6.61 Å². The molecule has 1 aromatic rings. The van der Waals surface area contributed by atoms with Crippen LogP contribution in [0.25, 0.3) is 0 Å². The molecule has 6 heteroatoms. The Hall–Kier alpha value is -1.05. The standard InChI is InChI=1S/C16H28N4O.HI/c1-4-6-10-19-16(17-3)20-13-14-9-8-11-18-15(14)21-12-7-5-2;/h8-9,11H,4-7,10,12-13H2,1-3H3,(H2,17,19,20);1H. The van der Waals surface area contributed by atoms with Crippen LogP contribution in [0, 0.1) is 0 Å². The van der Waals surface area contributed by atoms with Crippen molar-refractivity contribution < 1.29 is 4.74 Å². The van der Waals surface area contributed by atoms with Gasteiger partial charge in [0.1, 0.15) is 0 Å². The number of hydrogen-bond acceptors (Lipinski definition) is 3. The lowest BCUT2D eigenvalue weighted by Gasteiger charge is -2.13. The first-order valence-electron chi connectivity index (χ1n) is 7.83. The van der Waals surface area contributed by atoms with Gasteiger partial charge in [0.15, 0.2) is 5.96 Å². The molecule has 0 saturated carbocycles. The zero-order valence-electron chi connectivity index (χ0n) is 13.9. The Morgan fingerprint density at radius 2 is 2.00 bits per heavy atom. The van der Waals surface area contributed by atoms with Crippen molar-refractivity contribution in [3.63, 3.8) is 0 Å². The van der Waals surface area contributed by atoms with E-state index in [-0.39, 0.29) is 24.0 Å². The van der Waals surface area contributed by atoms with Gasteiger partial charge in [-0.1, -0.05) is 32.8 Å². The molecular weight excluding hydrogens is 391 g/mol. The van der Waals surface area contributed by atoms with Crippen LogP contribution in [-0.4, -0.2) is 31.1 Å². The molecule has 5 nitrogen and oxygen atoms in total. The molecule has 2 N–H and O–H groups in total. The summed E-state index contributed by atoms with van der Waals surface area (Å²) in [4.78, 5) is 8.52. The van der Waals surface area contributed by atoms with Crippen molar-refractivity contribution in [2.45, 2.75) is 46.1 Å². The fraction of sp³-hybridized carbons (Fsp3) is 0.625. The first-order chi connectivity index (χ1) is 10.3. The van der Waals surface area contributed by atoms with Crippen molar-refractivity contribution in [3.8, 4) is 5.88 Å². The van der Waals surface area contributed by atoms with Crippen molar-refractivity contribution in [1.29, 1.82) is 0 Å². The lowest BCUT2D eigenvalue weighted by molar-refractivity contribution is 0.294. The minimum absolute atomic E-state index is 0. The predicted octanol–water partition coefficient (Wildman–Crippen LogP) is 3.34. The zero-order valence-corrected chi connectivity index (χ0v) is 16.2. The van der Waals surface area contributed by atoms with Crippen molar-refractivity contribution in [3.05, 3.63) is 23.9 Å². The third-order valence-corrected chi connectivity index (χ3v) is 3.08. The number of guanidine groups is 1. The summed E-state index contributed by atoms with van der Waals surface area (Å²) >= 11 is 0. The molecule has 0 aliphatic heterocycles. The highest BCUT2D eigenvalue weighted by Gasteiger charge is 2.05. The van der Waals surface area contributed by atoms with Gasteiger partial charge in [-0.25, -0.2) is 4.98 Å². The van der Waals surface area contributed by atoms with E-state index < -0.39 is 0 Å².